The zero-order valence-corrected chi connectivity index (χ0v) is 14.7. The summed E-state index contributed by atoms with van der Waals surface area (Å²) in [4.78, 5) is 29.6. The first-order valence-electron chi connectivity index (χ1n) is 5.72. The molecule has 1 radical (unpaired) electrons. The maximum atomic E-state index is 10.7. The molecule has 0 saturated carbocycles. The Labute approximate surface area is 141 Å². The van der Waals surface area contributed by atoms with Crippen molar-refractivity contribution in [3.8, 4) is 0 Å². The van der Waals surface area contributed by atoms with Gasteiger partial charge in [0.1, 0.15) is 0 Å². The Balaban J connectivity index is 0.00000200. The maximum Gasteiger partial charge on any atom is 0.325 e. The van der Waals surface area contributed by atoms with E-state index in [0.717, 1.165) is 11.2 Å². The van der Waals surface area contributed by atoms with Crippen LogP contribution >= 0.6 is 7.60 Å². The molecule has 0 bridgehead atoms. The van der Waals surface area contributed by atoms with Gasteiger partial charge in [-0.1, -0.05) is 19.1 Å². The summed E-state index contributed by atoms with van der Waals surface area (Å²) in [7, 11) is -3.91. The average molecular weight is 370 g/mol. The van der Waals surface area contributed by atoms with Gasteiger partial charge in [-0.2, -0.15) is 0 Å². The van der Waals surface area contributed by atoms with E-state index in [1.807, 2.05) is 17.6 Å². The number of aryl methyl sites for hydroxylation is 1. The Morgan fingerprint density at radius 2 is 2.15 bits per heavy atom. The third-order valence-corrected chi connectivity index (χ3v) is 3.42. The molecule has 0 atom stereocenters. The molecule has 20 heavy (non-hydrogen) atoms. The van der Waals surface area contributed by atoms with Gasteiger partial charge < -0.3 is 24.3 Å². The maximum absolute atomic E-state index is 10.7. The van der Waals surface area contributed by atoms with Crippen LogP contribution in [0.2, 0.25) is 0 Å². The number of rotatable bonds is 5. The second kappa shape index (κ2) is 7.52. The fraction of sp³-hybridized carbons (Fsp3) is 0.364. The summed E-state index contributed by atoms with van der Waals surface area (Å²) in [6.07, 6.45) is 8.00. The first kappa shape index (κ1) is 17.6. The molecule has 0 amide bonds. The van der Waals surface area contributed by atoms with Gasteiger partial charge in [0, 0.05) is 56.7 Å². The van der Waals surface area contributed by atoms with Crippen LogP contribution in [0, 0.1) is 13.3 Å². The SMILES string of the molecule is Cc1n[c-]nc2c1ncn2C/C=C\CCP(=O)(O)O.[Y]. The minimum atomic E-state index is -3.91. The van der Waals surface area contributed by atoms with Crippen molar-refractivity contribution in [2.45, 2.75) is 19.9 Å². The van der Waals surface area contributed by atoms with Crippen LogP contribution in [-0.2, 0) is 43.8 Å². The summed E-state index contributed by atoms with van der Waals surface area (Å²) < 4.78 is 12.5. The average Bonchev–Trinajstić information content (AvgIpc) is 2.72. The van der Waals surface area contributed by atoms with E-state index in [9.17, 15) is 4.57 Å². The van der Waals surface area contributed by atoms with Crippen LogP contribution in [0.1, 0.15) is 12.1 Å². The van der Waals surface area contributed by atoms with E-state index in [1.165, 1.54) is 0 Å². The number of hydrogen-bond donors (Lipinski definition) is 2. The monoisotopic (exact) mass is 370 g/mol. The van der Waals surface area contributed by atoms with Gasteiger partial charge in [-0.3, -0.25) is 9.55 Å². The summed E-state index contributed by atoms with van der Waals surface area (Å²) >= 11 is 0. The molecule has 9 heteroatoms. The molecule has 0 aromatic carbocycles. The third kappa shape index (κ3) is 4.83. The van der Waals surface area contributed by atoms with Crippen molar-refractivity contribution in [2.24, 2.45) is 0 Å². The minimum absolute atomic E-state index is 0. The molecule has 105 valence electrons. The molecule has 0 aliphatic heterocycles. The summed E-state index contributed by atoms with van der Waals surface area (Å²) in [5, 5.41) is 0. The molecule has 2 rings (SSSR count). The largest absolute Gasteiger partial charge is 0.369 e. The molecular weight excluding hydrogens is 356 g/mol. The fourth-order valence-corrected chi connectivity index (χ4v) is 2.12. The normalized spacial score (nSPS) is 11.9. The smallest absolute Gasteiger partial charge is 0.325 e. The van der Waals surface area contributed by atoms with Crippen LogP contribution < -0.4 is 0 Å². The molecule has 0 fully saturated rings. The second-order valence-corrected chi connectivity index (χ2v) is 5.90. The Kier molecular flexibility index (Phi) is 6.62. The quantitative estimate of drug-likeness (QED) is 0.464. The van der Waals surface area contributed by atoms with Crippen LogP contribution in [0.4, 0.5) is 0 Å². The standard InChI is InChI=1S/C11H14N4O3P.Y/c1-9-10-11(13-7-12-9)15(8-14-10)5-3-2-4-6-19(16,17)18;/h2-3,8H,4-6H2,1H3,(H2,16,17,18);/q-1;/b3-2-;. The molecule has 2 N–H and O–H groups in total. The van der Waals surface area contributed by atoms with Gasteiger partial charge in [-0.25, -0.2) is 0 Å². The molecular formula is C11H14N4O3PY-. The number of imidazole rings is 1. The molecule has 2 aromatic heterocycles. The Morgan fingerprint density at radius 3 is 2.85 bits per heavy atom. The summed E-state index contributed by atoms with van der Waals surface area (Å²) in [6.45, 7) is 2.38. The fourth-order valence-electron chi connectivity index (χ4n) is 1.63. The van der Waals surface area contributed by atoms with Crippen molar-refractivity contribution < 1.29 is 47.1 Å². The van der Waals surface area contributed by atoms with Crippen molar-refractivity contribution in [3.63, 3.8) is 0 Å². The topological polar surface area (TPSA) is 101 Å². The Hall–Kier alpha value is -0.456. The number of hydrogen-bond acceptors (Lipinski definition) is 4. The van der Waals surface area contributed by atoms with Gasteiger partial charge in [-0.05, 0) is 12.1 Å². The Morgan fingerprint density at radius 1 is 1.40 bits per heavy atom. The second-order valence-electron chi connectivity index (χ2n) is 4.13. The molecule has 2 heterocycles. The van der Waals surface area contributed by atoms with Crippen LogP contribution in [0.3, 0.4) is 0 Å². The molecule has 0 aliphatic rings. The van der Waals surface area contributed by atoms with Crippen molar-refractivity contribution in [1.29, 1.82) is 0 Å². The molecule has 2 aromatic rings. The van der Waals surface area contributed by atoms with Gasteiger partial charge >= 0.3 is 7.60 Å². The molecule has 0 saturated heterocycles. The van der Waals surface area contributed by atoms with Crippen LogP contribution in [0.5, 0.6) is 0 Å². The first-order chi connectivity index (χ1) is 8.97. The predicted molar refractivity (Wildman–Crippen MR) is 69.6 cm³/mol. The van der Waals surface area contributed by atoms with E-state index >= 15 is 0 Å². The third-order valence-electron chi connectivity index (χ3n) is 2.58. The number of allylic oxidation sites excluding steroid dienone is 2. The molecule has 0 unspecified atom stereocenters. The first-order valence-corrected chi connectivity index (χ1v) is 7.52. The van der Waals surface area contributed by atoms with E-state index < -0.39 is 7.60 Å². The zero-order valence-electron chi connectivity index (χ0n) is 11.0. The van der Waals surface area contributed by atoms with Gasteiger partial charge in [0.2, 0.25) is 0 Å². The van der Waals surface area contributed by atoms with Gasteiger partial charge in [0.05, 0.1) is 12.5 Å². The van der Waals surface area contributed by atoms with E-state index in [4.69, 9.17) is 9.79 Å². The number of nitrogens with zero attached hydrogens (tertiary/aromatic N) is 4. The van der Waals surface area contributed by atoms with Crippen LogP contribution in [-0.4, -0.2) is 35.5 Å². The Bertz CT molecular complexity index is 652. The predicted octanol–water partition coefficient (Wildman–Crippen LogP) is 1.06. The van der Waals surface area contributed by atoms with Crippen molar-refractivity contribution in [3.05, 3.63) is 30.5 Å². The van der Waals surface area contributed by atoms with Crippen LogP contribution in [0.15, 0.2) is 18.5 Å². The molecule has 7 nitrogen and oxygen atoms in total. The van der Waals surface area contributed by atoms with E-state index in [1.54, 1.807) is 12.4 Å². The molecule has 0 spiro atoms. The summed E-state index contributed by atoms with van der Waals surface area (Å²) in [6, 6.07) is 0. The van der Waals surface area contributed by atoms with Gasteiger partial charge in [-0.15, -0.1) is 0 Å². The zero-order chi connectivity index (χ0) is 13.9. The van der Waals surface area contributed by atoms with Crippen molar-refractivity contribution >= 4 is 18.8 Å². The van der Waals surface area contributed by atoms with E-state index in [-0.39, 0.29) is 38.9 Å². The minimum Gasteiger partial charge on any atom is -0.369 e. The molecule has 0 aliphatic carbocycles. The van der Waals surface area contributed by atoms with Gasteiger partial charge in [0.15, 0.2) is 0 Å². The van der Waals surface area contributed by atoms with Crippen molar-refractivity contribution in [1.82, 2.24) is 19.5 Å². The van der Waals surface area contributed by atoms with E-state index in [2.05, 4.69) is 21.3 Å². The van der Waals surface area contributed by atoms with Crippen LogP contribution in [0.25, 0.3) is 11.2 Å². The van der Waals surface area contributed by atoms with E-state index in [0.29, 0.717) is 18.6 Å². The number of aromatic nitrogens is 4. The van der Waals surface area contributed by atoms with Crippen molar-refractivity contribution in [2.75, 3.05) is 6.16 Å². The number of fused-ring (bicyclic) bond motifs is 1. The summed E-state index contributed by atoms with van der Waals surface area (Å²) in [5.74, 6) is 0. The van der Waals surface area contributed by atoms with Gasteiger partial charge in [0.25, 0.3) is 0 Å². The summed E-state index contributed by atoms with van der Waals surface area (Å²) in [5.41, 5.74) is 2.21.